The lowest BCUT2D eigenvalue weighted by Crippen LogP contribution is -2.54. The number of likely N-dealkylation sites (tertiary alicyclic amines) is 2. The molecule has 3 fully saturated rings. The van der Waals surface area contributed by atoms with Gasteiger partial charge in [0, 0.05) is 45.0 Å². The van der Waals surface area contributed by atoms with Crippen LogP contribution in [0.5, 0.6) is 0 Å². The lowest BCUT2D eigenvalue weighted by Gasteiger charge is -2.44. The first kappa shape index (κ1) is 18.3. The van der Waals surface area contributed by atoms with Crippen molar-refractivity contribution in [1.29, 1.82) is 0 Å². The number of nitrogens with zero attached hydrogens (tertiary/aromatic N) is 3. The van der Waals surface area contributed by atoms with Crippen molar-refractivity contribution in [2.24, 2.45) is 12.5 Å². The van der Waals surface area contributed by atoms with Crippen molar-refractivity contribution in [2.45, 2.75) is 57.4 Å². The normalized spacial score (nSPS) is 26.8. The molecule has 6 heteroatoms. The summed E-state index contributed by atoms with van der Waals surface area (Å²) < 4.78 is 1.43. The highest BCUT2D eigenvalue weighted by atomic mass is 16.2. The third-order valence-corrected chi connectivity index (χ3v) is 6.76. The van der Waals surface area contributed by atoms with Gasteiger partial charge in [-0.15, -0.1) is 0 Å². The van der Waals surface area contributed by atoms with Crippen LogP contribution in [0.4, 0.5) is 0 Å². The maximum Gasteiger partial charge on any atom is 0.255 e. The molecule has 1 aliphatic carbocycles. The summed E-state index contributed by atoms with van der Waals surface area (Å²) in [6.07, 6.45) is 10.2. The van der Waals surface area contributed by atoms with Crippen LogP contribution in [0.1, 0.15) is 61.7 Å². The molecule has 0 N–H and O–H groups in total. The number of hydrogen-bond acceptors (Lipinski definition) is 3. The number of amides is 2. The Balaban J connectivity index is 1.49. The van der Waals surface area contributed by atoms with Crippen LogP contribution in [-0.4, -0.2) is 51.9 Å². The SMILES string of the molecule is Cn1cc(C(=O)N2CC[C@@]3(CCCN(C4CCCCC4)C3=O)C2)ccc1=O. The van der Waals surface area contributed by atoms with E-state index in [-0.39, 0.29) is 17.4 Å². The van der Waals surface area contributed by atoms with Crippen molar-refractivity contribution < 1.29 is 9.59 Å². The van der Waals surface area contributed by atoms with Gasteiger partial charge in [-0.25, -0.2) is 0 Å². The molecule has 6 nitrogen and oxygen atoms in total. The molecule has 3 heterocycles. The van der Waals surface area contributed by atoms with E-state index >= 15 is 0 Å². The number of carbonyl (C=O) groups excluding carboxylic acids is 2. The summed E-state index contributed by atoms with van der Waals surface area (Å²) in [5.74, 6) is 0.196. The first-order chi connectivity index (χ1) is 13.0. The first-order valence-electron chi connectivity index (χ1n) is 10.3. The van der Waals surface area contributed by atoms with E-state index in [1.54, 1.807) is 19.3 Å². The molecule has 2 aliphatic heterocycles. The molecular formula is C21H29N3O3. The molecule has 27 heavy (non-hydrogen) atoms. The minimum Gasteiger partial charge on any atom is -0.339 e. The second-order valence-corrected chi connectivity index (χ2v) is 8.52. The van der Waals surface area contributed by atoms with Crippen molar-refractivity contribution in [3.63, 3.8) is 0 Å². The molecule has 0 aromatic carbocycles. The molecule has 0 radical (unpaired) electrons. The third kappa shape index (κ3) is 3.30. The minimum atomic E-state index is -0.397. The molecule has 4 rings (SSSR count). The van der Waals surface area contributed by atoms with E-state index in [1.165, 1.54) is 29.9 Å². The van der Waals surface area contributed by atoms with Gasteiger partial charge in [0.25, 0.3) is 5.91 Å². The summed E-state index contributed by atoms with van der Waals surface area (Å²) in [6.45, 7) is 2.00. The summed E-state index contributed by atoms with van der Waals surface area (Å²) in [6, 6.07) is 3.42. The quantitative estimate of drug-likeness (QED) is 0.800. The molecule has 1 atom stereocenters. The Morgan fingerprint density at radius 3 is 2.56 bits per heavy atom. The van der Waals surface area contributed by atoms with Crippen molar-refractivity contribution in [3.05, 3.63) is 34.2 Å². The zero-order chi connectivity index (χ0) is 19.0. The van der Waals surface area contributed by atoms with Gasteiger partial charge in [-0.1, -0.05) is 19.3 Å². The number of piperidine rings is 1. The Bertz CT molecular complexity index is 796. The first-order valence-corrected chi connectivity index (χ1v) is 10.3. The Morgan fingerprint density at radius 1 is 1.04 bits per heavy atom. The van der Waals surface area contributed by atoms with Crippen LogP contribution in [0.3, 0.4) is 0 Å². The number of carbonyl (C=O) groups is 2. The molecular weight excluding hydrogens is 342 g/mol. The lowest BCUT2D eigenvalue weighted by atomic mass is 9.77. The Hall–Kier alpha value is -2.11. The number of aryl methyl sites for hydroxylation is 1. The van der Waals surface area contributed by atoms with Crippen molar-refractivity contribution in [3.8, 4) is 0 Å². The summed E-state index contributed by atoms with van der Waals surface area (Å²) in [7, 11) is 1.65. The molecule has 1 aromatic rings. The third-order valence-electron chi connectivity index (χ3n) is 6.76. The van der Waals surface area contributed by atoms with Crippen LogP contribution in [0, 0.1) is 5.41 Å². The summed E-state index contributed by atoms with van der Waals surface area (Å²) in [4.78, 5) is 41.8. The molecule has 1 aromatic heterocycles. The maximum atomic E-state index is 13.4. The van der Waals surface area contributed by atoms with Crippen LogP contribution >= 0.6 is 0 Å². The average Bonchev–Trinajstić information content (AvgIpc) is 3.11. The zero-order valence-electron chi connectivity index (χ0n) is 16.2. The smallest absolute Gasteiger partial charge is 0.255 e. The Morgan fingerprint density at radius 2 is 1.81 bits per heavy atom. The van der Waals surface area contributed by atoms with Gasteiger partial charge in [0.2, 0.25) is 11.5 Å². The maximum absolute atomic E-state index is 13.4. The van der Waals surface area contributed by atoms with Crippen LogP contribution in [0.25, 0.3) is 0 Å². The molecule has 146 valence electrons. The van der Waals surface area contributed by atoms with E-state index in [0.29, 0.717) is 24.7 Å². The predicted octanol–water partition coefficient (Wildman–Crippen LogP) is 2.17. The highest BCUT2D eigenvalue weighted by Crippen LogP contribution is 2.42. The van der Waals surface area contributed by atoms with E-state index in [1.807, 2.05) is 4.90 Å². The Labute approximate surface area is 160 Å². The topological polar surface area (TPSA) is 62.6 Å². The second kappa shape index (κ2) is 7.13. The fraction of sp³-hybridized carbons (Fsp3) is 0.667. The van der Waals surface area contributed by atoms with Gasteiger partial charge in [0.05, 0.1) is 11.0 Å². The highest BCUT2D eigenvalue weighted by Gasteiger charge is 2.50. The summed E-state index contributed by atoms with van der Waals surface area (Å²) in [5.41, 5.74) is -0.0111. The standard InChI is InChI=1S/C21H29N3O3/c1-22-14-16(8-9-18(22)25)19(26)23-13-11-21(15-23)10-5-12-24(20(21)27)17-6-3-2-4-7-17/h8-9,14,17H,2-7,10-13,15H2,1H3/t21-/m0/s1. The van der Waals surface area contributed by atoms with Crippen LogP contribution in [0.2, 0.25) is 0 Å². The van der Waals surface area contributed by atoms with E-state index in [0.717, 1.165) is 38.6 Å². The van der Waals surface area contributed by atoms with Gasteiger partial charge in [-0.05, 0) is 38.2 Å². The van der Waals surface area contributed by atoms with Crippen LogP contribution in [0.15, 0.2) is 23.1 Å². The fourth-order valence-electron chi connectivity index (χ4n) is 5.17. The van der Waals surface area contributed by atoms with E-state index < -0.39 is 5.41 Å². The predicted molar refractivity (Wildman–Crippen MR) is 102 cm³/mol. The van der Waals surface area contributed by atoms with Gasteiger partial charge in [-0.3, -0.25) is 14.4 Å². The Kier molecular flexibility index (Phi) is 4.82. The van der Waals surface area contributed by atoms with E-state index in [9.17, 15) is 14.4 Å². The minimum absolute atomic E-state index is 0.0786. The molecule has 0 bridgehead atoms. The van der Waals surface area contributed by atoms with Gasteiger partial charge in [-0.2, -0.15) is 0 Å². The number of rotatable bonds is 2. The van der Waals surface area contributed by atoms with E-state index in [4.69, 9.17) is 0 Å². The second-order valence-electron chi connectivity index (χ2n) is 8.52. The van der Waals surface area contributed by atoms with Gasteiger partial charge in [0.1, 0.15) is 0 Å². The highest BCUT2D eigenvalue weighted by molar-refractivity contribution is 5.95. The molecule has 1 spiro atoms. The van der Waals surface area contributed by atoms with Crippen molar-refractivity contribution in [1.82, 2.24) is 14.4 Å². The molecule has 2 saturated heterocycles. The summed E-state index contributed by atoms with van der Waals surface area (Å²) >= 11 is 0. The molecule has 3 aliphatic rings. The van der Waals surface area contributed by atoms with Gasteiger partial charge < -0.3 is 14.4 Å². The van der Waals surface area contributed by atoms with E-state index in [2.05, 4.69) is 4.90 Å². The van der Waals surface area contributed by atoms with Crippen molar-refractivity contribution in [2.75, 3.05) is 19.6 Å². The number of pyridine rings is 1. The largest absolute Gasteiger partial charge is 0.339 e. The fourth-order valence-corrected chi connectivity index (χ4v) is 5.17. The van der Waals surface area contributed by atoms with Gasteiger partial charge in [0.15, 0.2) is 0 Å². The van der Waals surface area contributed by atoms with Crippen molar-refractivity contribution >= 4 is 11.8 Å². The monoisotopic (exact) mass is 371 g/mol. The average molecular weight is 371 g/mol. The zero-order valence-corrected chi connectivity index (χ0v) is 16.2. The van der Waals surface area contributed by atoms with Crippen LogP contribution < -0.4 is 5.56 Å². The molecule has 1 saturated carbocycles. The molecule has 0 unspecified atom stereocenters. The number of hydrogen-bond donors (Lipinski definition) is 0. The van der Waals surface area contributed by atoms with Crippen LogP contribution in [-0.2, 0) is 11.8 Å². The number of aromatic nitrogens is 1. The molecule has 2 amide bonds. The van der Waals surface area contributed by atoms with Gasteiger partial charge >= 0.3 is 0 Å². The lowest BCUT2D eigenvalue weighted by molar-refractivity contribution is -0.149. The summed E-state index contributed by atoms with van der Waals surface area (Å²) in [5, 5.41) is 0.